The first kappa shape index (κ1) is 25.8. The van der Waals surface area contributed by atoms with Crippen molar-refractivity contribution in [3.63, 3.8) is 0 Å². The number of benzene rings is 2. The number of aromatic hydroxyl groups is 1. The van der Waals surface area contributed by atoms with Gasteiger partial charge in [0.25, 0.3) is 5.91 Å². The van der Waals surface area contributed by atoms with Crippen molar-refractivity contribution in [2.45, 2.75) is 51.2 Å². The number of amides is 1. The number of nitriles is 1. The lowest BCUT2D eigenvalue weighted by molar-refractivity contribution is 0.0699. The van der Waals surface area contributed by atoms with Gasteiger partial charge in [-0.2, -0.15) is 10.4 Å². The summed E-state index contributed by atoms with van der Waals surface area (Å²) in [5, 5.41) is 26.5. The monoisotopic (exact) mass is 559 g/mol. The second-order valence-corrected chi connectivity index (χ2v) is 12.0. The first-order valence-electron chi connectivity index (χ1n) is 13.9. The number of hydrogen-bond acceptors (Lipinski definition) is 6. The van der Waals surface area contributed by atoms with E-state index >= 15 is 0 Å². The van der Waals surface area contributed by atoms with E-state index in [1.54, 1.807) is 44.6 Å². The van der Waals surface area contributed by atoms with Crippen LogP contribution in [0, 0.1) is 11.3 Å². The van der Waals surface area contributed by atoms with Gasteiger partial charge in [-0.05, 0) is 42.3 Å². The van der Waals surface area contributed by atoms with Crippen LogP contribution in [0.3, 0.4) is 0 Å². The molecule has 2 aliphatic heterocycles. The molecule has 2 aromatic carbocycles. The summed E-state index contributed by atoms with van der Waals surface area (Å²) >= 11 is 0. The third-order valence-corrected chi connectivity index (χ3v) is 8.37. The lowest BCUT2D eigenvalue weighted by atomic mass is 9.92. The Morgan fingerprint density at radius 2 is 1.90 bits per heavy atom. The van der Waals surface area contributed by atoms with E-state index in [2.05, 4.69) is 31.8 Å². The molecule has 0 aliphatic carbocycles. The summed E-state index contributed by atoms with van der Waals surface area (Å²) in [7, 11) is 0. The third-order valence-electron chi connectivity index (χ3n) is 8.37. The van der Waals surface area contributed by atoms with Gasteiger partial charge in [-0.25, -0.2) is 9.36 Å². The van der Waals surface area contributed by atoms with Crippen molar-refractivity contribution >= 4 is 16.8 Å². The van der Waals surface area contributed by atoms with E-state index in [1.807, 2.05) is 36.4 Å². The quantitative estimate of drug-likeness (QED) is 0.347. The Kier molecular flexibility index (Phi) is 5.63. The standard InChI is InChI=1S/C32H29N7O3/c1-32(2,3)26-15-25(37(35-26)17-19-8-5-4-6-9-19)29(40)36-18-21-14-24(36)28-30(41)39(31(42)38(21)28)23-12-11-20(16-33)27-22(23)10-7-13-34-27/h4-13,15,21,24,41H,14,17-18H2,1-3H3. The predicted octanol–water partition coefficient (Wildman–Crippen LogP) is 4.45. The minimum absolute atomic E-state index is 0.180. The zero-order chi connectivity index (χ0) is 29.3. The molecule has 5 heterocycles. The second kappa shape index (κ2) is 9.17. The summed E-state index contributed by atoms with van der Waals surface area (Å²) in [6.07, 6.45) is 2.14. The Labute approximate surface area is 241 Å². The number of carbonyl (C=O) groups excluding carboxylic acids is 1. The summed E-state index contributed by atoms with van der Waals surface area (Å²) in [6, 6.07) is 19.9. The highest BCUT2D eigenvalue weighted by molar-refractivity contribution is 5.94. The summed E-state index contributed by atoms with van der Waals surface area (Å²) in [5.74, 6) is -0.381. The molecule has 1 amide bonds. The molecule has 10 nitrogen and oxygen atoms in total. The van der Waals surface area contributed by atoms with E-state index in [1.165, 1.54) is 4.57 Å². The maximum Gasteiger partial charge on any atom is 0.336 e. The minimum Gasteiger partial charge on any atom is -0.493 e. The first-order valence-corrected chi connectivity index (χ1v) is 13.9. The molecule has 2 bridgehead atoms. The van der Waals surface area contributed by atoms with Crippen molar-refractivity contribution in [1.82, 2.24) is 28.8 Å². The highest BCUT2D eigenvalue weighted by atomic mass is 16.3. The number of hydrogen-bond donors (Lipinski definition) is 1. The van der Waals surface area contributed by atoms with E-state index in [-0.39, 0.29) is 28.9 Å². The fourth-order valence-corrected chi connectivity index (χ4v) is 6.31. The third kappa shape index (κ3) is 3.77. The zero-order valence-electron chi connectivity index (χ0n) is 23.5. The molecule has 3 aromatic heterocycles. The molecule has 2 aliphatic rings. The molecule has 5 aromatic rings. The van der Waals surface area contributed by atoms with E-state index in [0.717, 1.165) is 11.3 Å². The Bertz CT molecular complexity index is 1990. The lowest BCUT2D eigenvalue weighted by Gasteiger charge is -2.27. The van der Waals surface area contributed by atoms with Crippen LogP contribution in [-0.2, 0) is 12.0 Å². The first-order chi connectivity index (χ1) is 20.2. The lowest BCUT2D eigenvalue weighted by Crippen LogP contribution is -2.38. The molecule has 2 unspecified atom stereocenters. The van der Waals surface area contributed by atoms with Gasteiger partial charge in [0.15, 0.2) is 0 Å². The normalized spacial score (nSPS) is 17.5. The molecule has 2 atom stereocenters. The van der Waals surface area contributed by atoms with Crippen molar-refractivity contribution in [1.29, 1.82) is 5.26 Å². The van der Waals surface area contributed by atoms with Crippen LogP contribution in [0.15, 0.2) is 71.7 Å². The molecular formula is C32H29N7O3. The summed E-state index contributed by atoms with van der Waals surface area (Å²) in [6.45, 7) is 7.01. The van der Waals surface area contributed by atoms with Crippen molar-refractivity contribution in [3.8, 4) is 17.6 Å². The van der Waals surface area contributed by atoms with Crippen LogP contribution < -0.4 is 5.69 Å². The van der Waals surface area contributed by atoms with Gasteiger partial charge in [0.1, 0.15) is 17.5 Å². The highest BCUT2D eigenvalue weighted by Crippen LogP contribution is 2.49. The fourth-order valence-electron chi connectivity index (χ4n) is 6.31. The second-order valence-electron chi connectivity index (χ2n) is 12.0. The van der Waals surface area contributed by atoms with Gasteiger partial charge in [0.2, 0.25) is 5.88 Å². The number of pyridine rings is 1. The van der Waals surface area contributed by atoms with Gasteiger partial charge in [-0.1, -0.05) is 51.1 Å². The van der Waals surface area contributed by atoms with Gasteiger partial charge in [0.05, 0.1) is 41.1 Å². The van der Waals surface area contributed by atoms with Crippen LogP contribution in [0.4, 0.5) is 0 Å². The van der Waals surface area contributed by atoms with Crippen molar-refractivity contribution in [2.75, 3.05) is 6.54 Å². The Morgan fingerprint density at radius 3 is 2.64 bits per heavy atom. The van der Waals surface area contributed by atoms with Gasteiger partial charge >= 0.3 is 5.69 Å². The molecule has 0 saturated carbocycles. The molecule has 0 spiro atoms. The maximum atomic E-state index is 14.2. The van der Waals surface area contributed by atoms with Gasteiger partial charge in [-0.15, -0.1) is 0 Å². The number of aromatic nitrogens is 5. The molecule has 1 N–H and O–H groups in total. The molecule has 0 radical (unpaired) electrons. The molecular weight excluding hydrogens is 530 g/mol. The zero-order valence-corrected chi connectivity index (χ0v) is 23.5. The number of imidazole rings is 1. The van der Waals surface area contributed by atoms with Crippen LogP contribution in [0.2, 0.25) is 0 Å². The Balaban J connectivity index is 1.29. The van der Waals surface area contributed by atoms with Crippen molar-refractivity contribution < 1.29 is 9.90 Å². The number of fused-ring (bicyclic) bond motifs is 6. The van der Waals surface area contributed by atoms with E-state index in [9.17, 15) is 20.0 Å². The average molecular weight is 560 g/mol. The van der Waals surface area contributed by atoms with Gasteiger partial charge in [-0.3, -0.25) is 19.0 Å². The predicted molar refractivity (Wildman–Crippen MR) is 156 cm³/mol. The van der Waals surface area contributed by atoms with Crippen LogP contribution in [0.1, 0.15) is 72.3 Å². The minimum atomic E-state index is -0.461. The molecule has 42 heavy (non-hydrogen) atoms. The maximum absolute atomic E-state index is 14.2. The molecule has 1 saturated heterocycles. The molecule has 210 valence electrons. The summed E-state index contributed by atoms with van der Waals surface area (Å²) in [4.78, 5) is 34.0. The van der Waals surface area contributed by atoms with Gasteiger partial charge < -0.3 is 10.0 Å². The van der Waals surface area contributed by atoms with Crippen LogP contribution in [-0.4, -0.2) is 46.4 Å². The van der Waals surface area contributed by atoms with E-state index in [4.69, 9.17) is 5.10 Å². The Morgan fingerprint density at radius 1 is 1.12 bits per heavy atom. The molecule has 1 fully saturated rings. The number of likely N-dealkylation sites (tertiary alicyclic amines) is 1. The summed E-state index contributed by atoms with van der Waals surface area (Å²) in [5.41, 5.74) is 3.41. The number of carbonyl (C=O) groups is 1. The number of rotatable bonds is 4. The van der Waals surface area contributed by atoms with E-state index < -0.39 is 6.04 Å². The van der Waals surface area contributed by atoms with Gasteiger partial charge in [0, 0.05) is 23.5 Å². The topological polar surface area (TPSA) is 122 Å². The van der Waals surface area contributed by atoms with Crippen LogP contribution in [0.25, 0.3) is 16.6 Å². The largest absolute Gasteiger partial charge is 0.493 e. The smallest absolute Gasteiger partial charge is 0.336 e. The van der Waals surface area contributed by atoms with E-state index in [0.29, 0.717) is 53.1 Å². The summed E-state index contributed by atoms with van der Waals surface area (Å²) < 4.78 is 4.65. The Hall–Kier alpha value is -5.17. The highest BCUT2D eigenvalue weighted by Gasteiger charge is 2.50. The fraction of sp³-hybridized carbons (Fsp3) is 0.281. The number of nitrogens with zero attached hydrogens (tertiary/aromatic N) is 7. The molecule has 10 heteroatoms. The van der Waals surface area contributed by atoms with Crippen molar-refractivity contribution in [3.05, 3.63) is 106 Å². The van der Waals surface area contributed by atoms with Crippen LogP contribution in [0.5, 0.6) is 5.88 Å². The van der Waals surface area contributed by atoms with Crippen LogP contribution >= 0.6 is 0 Å². The van der Waals surface area contributed by atoms with Crippen molar-refractivity contribution in [2.24, 2.45) is 0 Å². The average Bonchev–Trinajstić information content (AvgIpc) is 3.75. The molecule has 7 rings (SSSR count). The SMILES string of the molecule is CC(C)(C)c1cc(C(=O)N2CC3CC2c2c(O)n(-c4ccc(C#N)c5ncccc45)c(=O)n23)n(Cc2ccccc2)n1.